The van der Waals surface area contributed by atoms with E-state index in [9.17, 15) is 4.39 Å². The molecule has 0 aliphatic carbocycles. The fourth-order valence-electron chi connectivity index (χ4n) is 2.30. The molecule has 0 amide bonds. The molecule has 1 N–H and O–H groups in total. The second-order valence-corrected chi connectivity index (χ2v) is 6.80. The molecule has 0 saturated heterocycles. The zero-order valence-electron chi connectivity index (χ0n) is 14.9. The van der Waals surface area contributed by atoms with Gasteiger partial charge in [-0.15, -0.1) is 0 Å². The van der Waals surface area contributed by atoms with Crippen LogP contribution >= 0.6 is 15.9 Å². The minimum atomic E-state index is -0.252. The Morgan fingerprint density at radius 1 is 1.08 bits per heavy atom. The van der Waals surface area contributed by atoms with Crippen LogP contribution in [0.5, 0.6) is 11.5 Å². The van der Waals surface area contributed by atoms with Crippen LogP contribution in [0, 0.1) is 5.82 Å². The largest absolute Gasteiger partial charge is 0.490 e. The molecule has 0 radical (unpaired) electrons. The summed E-state index contributed by atoms with van der Waals surface area (Å²) in [5.74, 6) is 1.12. The van der Waals surface area contributed by atoms with Gasteiger partial charge in [0.2, 0.25) is 0 Å². The molecule has 2 rings (SSSR count). The van der Waals surface area contributed by atoms with Crippen LogP contribution in [0.3, 0.4) is 0 Å². The van der Waals surface area contributed by atoms with Gasteiger partial charge in [-0.25, -0.2) is 4.39 Å². The average Bonchev–Trinajstić information content (AvgIpc) is 2.60. The molecule has 0 heterocycles. The van der Waals surface area contributed by atoms with Crippen LogP contribution in [0.2, 0.25) is 0 Å². The minimum absolute atomic E-state index is 0.252. The van der Waals surface area contributed by atoms with Gasteiger partial charge >= 0.3 is 0 Å². The Bertz CT molecular complexity index is 676. The lowest BCUT2D eigenvalue weighted by Crippen LogP contribution is -2.24. The first kappa shape index (κ1) is 19.7. The Hall–Kier alpha value is -1.59. The summed E-state index contributed by atoms with van der Waals surface area (Å²) >= 11 is 3.58. The van der Waals surface area contributed by atoms with Gasteiger partial charge in [-0.1, -0.05) is 19.1 Å². The van der Waals surface area contributed by atoms with Crippen molar-refractivity contribution in [2.45, 2.75) is 46.4 Å². The summed E-state index contributed by atoms with van der Waals surface area (Å²) in [4.78, 5) is 0. The first-order valence-electron chi connectivity index (χ1n) is 8.59. The van der Waals surface area contributed by atoms with E-state index in [1.807, 2.05) is 19.1 Å². The quantitative estimate of drug-likeness (QED) is 0.596. The van der Waals surface area contributed by atoms with Gasteiger partial charge in [0, 0.05) is 12.6 Å². The molecule has 0 saturated carbocycles. The molecule has 1 atom stereocenters. The van der Waals surface area contributed by atoms with E-state index in [2.05, 4.69) is 35.1 Å². The van der Waals surface area contributed by atoms with E-state index in [4.69, 9.17) is 9.47 Å². The smallest absolute Gasteiger partial charge is 0.175 e. The maximum atomic E-state index is 13.0. The maximum absolute atomic E-state index is 13.0. The van der Waals surface area contributed by atoms with E-state index in [-0.39, 0.29) is 5.82 Å². The second-order valence-electron chi connectivity index (χ2n) is 5.94. The summed E-state index contributed by atoms with van der Waals surface area (Å²) in [6.07, 6.45) is 1.08. The molecule has 136 valence electrons. The van der Waals surface area contributed by atoms with E-state index in [0.29, 0.717) is 30.8 Å². The van der Waals surface area contributed by atoms with Gasteiger partial charge in [0.05, 0.1) is 11.1 Å². The van der Waals surface area contributed by atoms with E-state index in [1.165, 1.54) is 12.1 Å². The van der Waals surface area contributed by atoms with Crippen molar-refractivity contribution in [3.8, 4) is 11.5 Å². The summed E-state index contributed by atoms with van der Waals surface area (Å²) in [6, 6.07) is 10.8. The number of benzene rings is 2. The summed E-state index contributed by atoms with van der Waals surface area (Å²) in [6.45, 7) is 7.95. The Morgan fingerprint density at radius 2 is 1.80 bits per heavy atom. The molecular formula is C20H25BrFNO2. The topological polar surface area (TPSA) is 30.5 Å². The Kier molecular flexibility index (Phi) is 7.72. The van der Waals surface area contributed by atoms with E-state index < -0.39 is 0 Å². The number of rotatable bonds is 9. The highest BCUT2D eigenvalue weighted by Gasteiger charge is 2.13. The predicted molar refractivity (Wildman–Crippen MR) is 103 cm³/mol. The second kappa shape index (κ2) is 9.78. The molecule has 25 heavy (non-hydrogen) atoms. The number of ether oxygens (including phenoxy) is 2. The predicted octanol–water partition coefficient (Wildman–Crippen LogP) is 5.45. The van der Waals surface area contributed by atoms with Crippen molar-refractivity contribution in [3.63, 3.8) is 0 Å². The molecule has 2 aromatic carbocycles. The Morgan fingerprint density at radius 3 is 2.44 bits per heavy atom. The van der Waals surface area contributed by atoms with Crippen LogP contribution in [0.25, 0.3) is 0 Å². The van der Waals surface area contributed by atoms with Crippen molar-refractivity contribution < 1.29 is 13.9 Å². The molecular weight excluding hydrogens is 385 g/mol. The van der Waals surface area contributed by atoms with Crippen molar-refractivity contribution in [3.05, 3.63) is 57.8 Å². The molecule has 0 spiro atoms. The monoisotopic (exact) mass is 409 g/mol. The number of halogens is 2. The zero-order chi connectivity index (χ0) is 18.2. The van der Waals surface area contributed by atoms with Crippen LogP contribution in [0.1, 0.15) is 38.3 Å². The fraction of sp³-hybridized carbons (Fsp3) is 0.400. The lowest BCUT2D eigenvalue weighted by atomic mass is 10.1. The van der Waals surface area contributed by atoms with Crippen molar-refractivity contribution in [2.75, 3.05) is 6.61 Å². The van der Waals surface area contributed by atoms with Gasteiger partial charge in [-0.3, -0.25) is 0 Å². The third-order valence-electron chi connectivity index (χ3n) is 3.93. The van der Waals surface area contributed by atoms with Crippen molar-refractivity contribution >= 4 is 15.9 Å². The number of nitrogens with one attached hydrogen (secondary N) is 1. The molecule has 5 heteroatoms. The summed E-state index contributed by atoms with van der Waals surface area (Å²) in [5, 5.41) is 3.48. The van der Waals surface area contributed by atoms with Gasteiger partial charge < -0.3 is 14.8 Å². The summed E-state index contributed by atoms with van der Waals surface area (Å²) < 4.78 is 25.5. The molecule has 3 nitrogen and oxygen atoms in total. The third-order valence-corrected chi connectivity index (χ3v) is 4.52. The van der Waals surface area contributed by atoms with Crippen LogP contribution in [0.15, 0.2) is 40.9 Å². The van der Waals surface area contributed by atoms with Crippen LogP contribution < -0.4 is 14.8 Å². The highest BCUT2D eigenvalue weighted by molar-refractivity contribution is 9.10. The minimum Gasteiger partial charge on any atom is -0.490 e. The van der Waals surface area contributed by atoms with Crippen LogP contribution in [-0.4, -0.2) is 12.6 Å². The number of hydrogen-bond acceptors (Lipinski definition) is 3. The third kappa shape index (κ3) is 6.01. The van der Waals surface area contributed by atoms with Crippen LogP contribution in [0.4, 0.5) is 4.39 Å². The molecule has 0 aliphatic heterocycles. The van der Waals surface area contributed by atoms with E-state index in [1.54, 1.807) is 12.1 Å². The standard InChI is InChI=1S/C20H25BrFNO2/c1-4-14(3)23-12-16-10-18(21)20(19(11-16)24-5-2)25-13-15-6-8-17(22)9-7-15/h6-11,14,23H,4-5,12-13H2,1-3H3. The first-order valence-corrected chi connectivity index (χ1v) is 9.38. The molecule has 1 unspecified atom stereocenters. The molecule has 0 aliphatic rings. The summed E-state index contributed by atoms with van der Waals surface area (Å²) in [5.41, 5.74) is 2.03. The van der Waals surface area contributed by atoms with E-state index in [0.717, 1.165) is 28.6 Å². The lowest BCUT2D eigenvalue weighted by molar-refractivity contribution is 0.267. The van der Waals surface area contributed by atoms with E-state index >= 15 is 0 Å². The Labute approximate surface area is 157 Å². The zero-order valence-corrected chi connectivity index (χ0v) is 16.5. The van der Waals surface area contributed by atoms with Crippen molar-refractivity contribution in [2.24, 2.45) is 0 Å². The van der Waals surface area contributed by atoms with Gasteiger partial charge in [0.1, 0.15) is 12.4 Å². The molecule has 0 bridgehead atoms. The normalized spacial score (nSPS) is 12.0. The number of hydrogen-bond donors (Lipinski definition) is 1. The molecule has 0 aromatic heterocycles. The first-order chi connectivity index (χ1) is 12.0. The van der Waals surface area contributed by atoms with Gasteiger partial charge in [-0.2, -0.15) is 0 Å². The average molecular weight is 410 g/mol. The van der Waals surface area contributed by atoms with Crippen LogP contribution in [-0.2, 0) is 13.2 Å². The fourth-order valence-corrected chi connectivity index (χ4v) is 2.90. The maximum Gasteiger partial charge on any atom is 0.175 e. The Balaban J connectivity index is 2.13. The highest BCUT2D eigenvalue weighted by atomic mass is 79.9. The molecule has 2 aromatic rings. The van der Waals surface area contributed by atoms with Gasteiger partial charge in [0.25, 0.3) is 0 Å². The van der Waals surface area contributed by atoms with Gasteiger partial charge in [-0.05, 0) is 71.6 Å². The summed E-state index contributed by atoms with van der Waals surface area (Å²) in [7, 11) is 0. The molecule has 0 fully saturated rings. The van der Waals surface area contributed by atoms with Crippen molar-refractivity contribution in [1.29, 1.82) is 0 Å². The highest BCUT2D eigenvalue weighted by Crippen LogP contribution is 2.37. The lowest BCUT2D eigenvalue weighted by Gasteiger charge is -2.17. The SMILES string of the molecule is CCOc1cc(CNC(C)CC)cc(Br)c1OCc1ccc(F)cc1. The van der Waals surface area contributed by atoms with Crippen molar-refractivity contribution in [1.82, 2.24) is 5.32 Å². The van der Waals surface area contributed by atoms with Gasteiger partial charge in [0.15, 0.2) is 11.5 Å².